The fourth-order valence-corrected chi connectivity index (χ4v) is 5.92. The summed E-state index contributed by atoms with van der Waals surface area (Å²) in [6, 6.07) is 30.1. The van der Waals surface area contributed by atoms with Gasteiger partial charge in [0.25, 0.3) is 5.91 Å². The van der Waals surface area contributed by atoms with E-state index in [1.54, 1.807) is 24.5 Å². The molecule has 3 heterocycles. The second-order valence-corrected chi connectivity index (χ2v) is 12.2. The Labute approximate surface area is 293 Å². The maximum atomic E-state index is 12.8. The van der Waals surface area contributed by atoms with Gasteiger partial charge in [0.05, 0.1) is 6.33 Å². The monoisotopic (exact) mass is 678 g/mol. The molecule has 12 nitrogen and oxygen atoms in total. The third-order valence-electron chi connectivity index (χ3n) is 8.56. The van der Waals surface area contributed by atoms with Gasteiger partial charge in [0, 0.05) is 71.5 Å². The number of anilines is 3. The molecule has 0 unspecified atom stereocenters. The molecule has 4 aromatic carbocycles. The van der Waals surface area contributed by atoms with Crippen LogP contribution in [0.2, 0.25) is 0 Å². The second kappa shape index (κ2) is 14.3. The molecule has 0 bridgehead atoms. The van der Waals surface area contributed by atoms with Crippen molar-refractivity contribution in [3.63, 3.8) is 0 Å². The van der Waals surface area contributed by atoms with Gasteiger partial charge in [-0.15, -0.1) is 0 Å². The number of nitrogens with one attached hydrogen (secondary N) is 2. The molecule has 0 spiro atoms. The van der Waals surface area contributed by atoms with Gasteiger partial charge >= 0.3 is 0 Å². The highest BCUT2D eigenvalue weighted by atomic mass is 16.5. The first-order chi connectivity index (χ1) is 24.8. The number of pyridine rings is 2. The molecule has 0 atom stereocenters. The zero-order valence-corrected chi connectivity index (χ0v) is 27.7. The van der Waals surface area contributed by atoms with Crippen molar-refractivity contribution < 1.29 is 18.9 Å². The Morgan fingerprint density at radius 3 is 2.24 bits per heavy atom. The van der Waals surface area contributed by atoms with Gasteiger partial charge in [-0.2, -0.15) is 4.57 Å². The van der Waals surface area contributed by atoms with Crippen molar-refractivity contribution in [2.75, 3.05) is 17.2 Å². The average molecular weight is 679 g/mol. The van der Waals surface area contributed by atoms with Gasteiger partial charge in [-0.1, -0.05) is 36.4 Å². The lowest BCUT2D eigenvalue weighted by Crippen LogP contribution is -2.36. The molecule has 0 saturated heterocycles. The summed E-state index contributed by atoms with van der Waals surface area (Å²) in [4.78, 5) is 40.9. The Hall–Kier alpha value is -6.82. The Kier molecular flexibility index (Phi) is 9.20. The van der Waals surface area contributed by atoms with Gasteiger partial charge < -0.3 is 32.2 Å². The second-order valence-electron chi connectivity index (χ2n) is 12.2. The number of carbonyl (C=O) groups is 2. The first-order valence-corrected chi connectivity index (χ1v) is 16.5. The first kappa shape index (κ1) is 32.7. The first-order valence-electron chi connectivity index (χ1n) is 16.5. The molecule has 51 heavy (non-hydrogen) atoms. The van der Waals surface area contributed by atoms with Crippen molar-refractivity contribution in [1.82, 2.24) is 20.3 Å². The molecule has 0 radical (unpaired) electrons. The third kappa shape index (κ3) is 7.60. The van der Waals surface area contributed by atoms with Crippen LogP contribution in [0.15, 0.2) is 108 Å². The number of aliphatic imine (C=N–C) groups is 1. The van der Waals surface area contributed by atoms with Crippen molar-refractivity contribution in [2.45, 2.75) is 32.5 Å². The quantitative estimate of drug-likeness (QED) is 0.0531. The highest BCUT2D eigenvalue weighted by Gasteiger charge is 2.17. The normalized spacial score (nSPS) is 11.5. The van der Waals surface area contributed by atoms with Gasteiger partial charge in [-0.3, -0.25) is 9.59 Å². The predicted octanol–water partition coefficient (Wildman–Crippen LogP) is 5.23. The Bertz CT molecular complexity index is 2360. The van der Waals surface area contributed by atoms with E-state index in [1.165, 1.54) is 6.21 Å². The number of carbonyl (C=O) groups excluding carboxylic acids is 2. The van der Waals surface area contributed by atoms with Crippen molar-refractivity contribution in [2.24, 2.45) is 4.99 Å². The highest BCUT2D eigenvalue weighted by Crippen LogP contribution is 2.25. The minimum atomic E-state index is -0.362. The van der Waals surface area contributed by atoms with Crippen LogP contribution < -0.4 is 31.8 Å². The number of H-pyrrole nitrogens is 1. The molecular formula is C39H36N9O3+. The number of aromatic amines is 1. The number of nitrogen functional groups attached to an aromatic ring is 3. The van der Waals surface area contributed by atoms with Crippen molar-refractivity contribution in [1.29, 1.82) is 0 Å². The molecular weight excluding hydrogens is 642 g/mol. The third-order valence-corrected chi connectivity index (χ3v) is 8.56. The van der Waals surface area contributed by atoms with E-state index in [-0.39, 0.29) is 11.8 Å². The predicted molar refractivity (Wildman–Crippen MR) is 199 cm³/mol. The van der Waals surface area contributed by atoms with Crippen molar-refractivity contribution in [3.8, 4) is 5.75 Å². The number of ether oxygens (including phenoxy) is 1. The summed E-state index contributed by atoms with van der Waals surface area (Å²) in [5, 5.41) is 5.12. The number of nitrogens with two attached hydrogens (primary N) is 3. The molecule has 0 saturated carbocycles. The van der Waals surface area contributed by atoms with Gasteiger partial charge in [-0.25, -0.2) is 15.0 Å². The SMILES string of the molecule is Nc1ccc2cc3ccc(N)cc3[n+](CCCC(=O)NCc3ccc(C(=O)N=Cc4ccc(COc5cc(N)nc6nc[nH]c56)cc4)cc3)c2c1. The summed E-state index contributed by atoms with van der Waals surface area (Å²) < 4.78 is 8.11. The minimum absolute atomic E-state index is 0.0568. The molecule has 0 aliphatic heterocycles. The zero-order valence-electron chi connectivity index (χ0n) is 27.7. The molecule has 8 N–H and O–H groups in total. The van der Waals surface area contributed by atoms with E-state index < -0.39 is 0 Å². The van der Waals surface area contributed by atoms with E-state index in [0.717, 1.165) is 38.5 Å². The molecule has 7 aromatic rings. The lowest BCUT2D eigenvalue weighted by molar-refractivity contribution is -0.645. The van der Waals surface area contributed by atoms with E-state index in [1.807, 2.05) is 72.8 Å². The molecule has 2 amide bonds. The molecule has 0 aliphatic carbocycles. The lowest BCUT2D eigenvalue weighted by Gasteiger charge is -2.08. The molecule has 0 aliphatic rings. The highest BCUT2D eigenvalue weighted by molar-refractivity contribution is 6.01. The Morgan fingerprint density at radius 2 is 1.53 bits per heavy atom. The van der Waals surface area contributed by atoms with E-state index >= 15 is 0 Å². The van der Waals surface area contributed by atoms with Gasteiger partial charge in [0.1, 0.15) is 24.5 Å². The van der Waals surface area contributed by atoms with Crippen LogP contribution in [0.3, 0.4) is 0 Å². The van der Waals surface area contributed by atoms with E-state index in [4.69, 9.17) is 21.9 Å². The number of hydrogen-bond donors (Lipinski definition) is 5. The van der Waals surface area contributed by atoms with Crippen LogP contribution in [0.5, 0.6) is 5.75 Å². The lowest BCUT2D eigenvalue weighted by atomic mass is 10.1. The topological polar surface area (TPSA) is 191 Å². The number of aryl methyl sites for hydroxylation is 1. The number of nitrogens with zero attached hydrogens (tertiary/aromatic N) is 4. The van der Waals surface area contributed by atoms with Crippen LogP contribution in [-0.2, 0) is 24.5 Å². The van der Waals surface area contributed by atoms with E-state index in [2.05, 4.69) is 35.9 Å². The maximum Gasteiger partial charge on any atom is 0.276 e. The Balaban J connectivity index is 0.889. The zero-order chi connectivity index (χ0) is 35.3. The van der Waals surface area contributed by atoms with Crippen LogP contribution in [-0.4, -0.2) is 33.0 Å². The largest absolute Gasteiger partial charge is 0.486 e. The molecule has 3 aromatic heterocycles. The standard InChI is InChI=1S/C39H35N9O3/c40-30-13-11-28-16-29-12-14-31(41)18-33(29)48(32(28)17-30)15-1-2-36(49)43-20-25-7-9-27(10-8-25)39(50)44-21-24-3-5-26(6-4-24)22-51-34-19-35(42)47-38-37(34)45-23-46-38/h3-14,16-19,21,23H,1-2,15,20,22H2,(H7,40,41,42,43,45,46,47,49)/p+1. The summed E-state index contributed by atoms with van der Waals surface area (Å²) in [5.41, 5.74) is 25.6. The summed E-state index contributed by atoms with van der Waals surface area (Å²) in [6.45, 7) is 1.29. The van der Waals surface area contributed by atoms with Crippen LogP contribution >= 0.6 is 0 Å². The van der Waals surface area contributed by atoms with Crippen molar-refractivity contribution in [3.05, 3.63) is 126 Å². The van der Waals surface area contributed by atoms with Crippen molar-refractivity contribution >= 4 is 68.2 Å². The number of hydrogen-bond acceptors (Lipinski definition) is 8. The molecule has 12 heteroatoms. The summed E-state index contributed by atoms with van der Waals surface area (Å²) >= 11 is 0. The van der Waals surface area contributed by atoms with Crippen LogP contribution in [0, 0.1) is 0 Å². The van der Waals surface area contributed by atoms with Gasteiger partial charge in [0.15, 0.2) is 11.4 Å². The van der Waals surface area contributed by atoms with Crippen LogP contribution in [0.1, 0.15) is 39.9 Å². The molecule has 254 valence electrons. The number of benzene rings is 4. The summed E-state index contributed by atoms with van der Waals surface area (Å²) in [6.07, 6.45) is 4.05. The summed E-state index contributed by atoms with van der Waals surface area (Å²) in [7, 11) is 0. The fraction of sp³-hybridized carbons (Fsp3) is 0.128. The number of rotatable bonds is 11. The van der Waals surface area contributed by atoms with Crippen LogP contribution in [0.25, 0.3) is 33.0 Å². The average Bonchev–Trinajstić information content (AvgIpc) is 3.61. The van der Waals surface area contributed by atoms with Gasteiger partial charge in [-0.05, 0) is 59.2 Å². The Morgan fingerprint density at radius 1 is 0.843 bits per heavy atom. The number of imidazole rings is 1. The van der Waals surface area contributed by atoms with E-state index in [9.17, 15) is 9.59 Å². The maximum absolute atomic E-state index is 12.8. The number of fused-ring (bicyclic) bond motifs is 3. The molecule has 0 fully saturated rings. The number of amides is 2. The smallest absolute Gasteiger partial charge is 0.276 e. The minimum Gasteiger partial charge on any atom is -0.486 e. The van der Waals surface area contributed by atoms with E-state index in [0.29, 0.717) is 72.2 Å². The van der Waals surface area contributed by atoms with Gasteiger partial charge in [0.2, 0.25) is 16.9 Å². The number of aromatic nitrogens is 4. The molecule has 7 rings (SSSR count). The van der Waals surface area contributed by atoms with Crippen LogP contribution in [0.4, 0.5) is 17.2 Å². The fourth-order valence-electron chi connectivity index (χ4n) is 5.92. The summed E-state index contributed by atoms with van der Waals surface area (Å²) in [5.74, 6) is 0.477.